The van der Waals surface area contributed by atoms with Crippen LogP contribution in [0.1, 0.15) is 104 Å². The second kappa shape index (κ2) is 33.3. The fourth-order valence-corrected chi connectivity index (χ4v) is 9.20. The summed E-state index contributed by atoms with van der Waals surface area (Å²) in [6.45, 7) is 25.1. The number of nitrogens with zero attached hydrogens (tertiary/aromatic N) is 7. The molecule has 0 unspecified atom stereocenters. The second-order valence-electron chi connectivity index (χ2n) is 24.1. The molecule has 4 aliphatic heterocycles. The number of carbonyl (C=O) groups is 3. The van der Waals surface area contributed by atoms with Gasteiger partial charge in [0.25, 0.3) is 0 Å². The molecule has 4 saturated heterocycles. The molecule has 464 valence electrons. The number of aromatic nitrogens is 4. The summed E-state index contributed by atoms with van der Waals surface area (Å²) in [7, 11) is -1.34. The molecule has 0 aliphatic carbocycles. The summed E-state index contributed by atoms with van der Waals surface area (Å²) in [5, 5.41) is 20.5. The molecule has 4 aliphatic rings. The summed E-state index contributed by atoms with van der Waals surface area (Å²) in [6.07, 6.45) is 5.77. The first-order valence-electron chi connectivity index (χ1n) is 28.7. The highest BCUT2D eigenvalue weighted by atomic mass is 127. The van der Waals surface area contributed by atoms with E-state index in [-0.39, 0.29) is 42.2 Å². The first kappa shape index (κ1) is 70.7. The van der Waals surface area contributed by atoms with Gasteiger partial charge in [0.05, 0.1) is 15.0 Å². The molecule has 4 fully saturated rings. The zero-order valence-electron chi connectivity index (χ0n) is 51.1. The van der Waals surface area contributed by atoms with Crippen molar-refractivity contribution in [2.45, 2.75) is 104 Å². The van der Waals surface area contributed by atoms with Gasteiger partial charge in [0.15, 0.2) is 0 Å². The van der Waals surface area contributed by atoms with Crippen molar-refractivity contribution in [1.29, 1.82) is 0 Å². The third-order valence-electron chi connectivity index (χ3n) is 13.3. The van der Waals surface area contributed by atoms with Gasteiger partial charge in [0.1, 0.15) is 16.8 Å². The highest BCUT2D eigenvalue weighted by Gasteiger charge is 2.37. The van der Waals surface area contributed by atoms with Gasteiger partial charge in [-0.25, -0.2) is 24.4 Å². The standard InChI is InChI=1S/C19H22N2O2.C14H14N2.C13H17FN2O2.C9H17NO2.C6H7BO2.C5H3FIN.ClH/c1-19(2,3)23-18(22)21-12-15(13-21)16-10-7-11-20-17(16)14-8-5-4-6-9-14;1-2-5-11(6-3-1)14-13(7-4-8-16-14)12-9-15-10-12;1-13(2,3)18-12(17)16-7-9(8-16)10-5-4-6-15-11(10)14;1-7-5-10(6-7)8(11)12-9(2,3)4;8-7(9)6-4-2-1-3-5-6;6-5-4(7)2-1-3-8-5;/h4-11,15H,12-13H2,1-3H3;1-8,12,15H,9-10H2;4-6,9H,7-8H2,1-3H3;7H,5-6H2,1-4H3;1-5,8-9H;1-3H;1H. The number of amides is 3. The zero-order chi connectivity index (χ0) is 62.6. The first-order valence-corrected chi connectivity index (χ1v) is 29.8. The van der Waals surface area contributed by atoms with E-state index in [0.29, 0.717) is 58.5 Å². The number of likely N-dealkylation sites (tertiary alicyclic amines) is 3. The van der Waals surface area contributed by atoms with Crippen molar-refractivity contribution < 1.29 is 47.4 Å². The molecule has 4 aromatic heterocycles. The quantitative estimate of drug-likeness (QED) is 0.0617. The molecule has 0 spiro atoms. The lowest BCUT2D eigenvalue weighted by Gasteiger charge is -2.40. The maximum Gasteiger partial charge on any atom is 0.488 e. The number of ether oxygens (including phenoxy) is 3. The summed E-state index contributed by atoms with van der Waals surface area (Å²) in [6, 6.07) is 44.3. The lowest BCUT2D eigenvalue weighted by Crippen LogP contribution is -2.50. The van der Waals surface area contributed by atoms with Crippen LogP contribution >= 0.6 is 35.0 Å². The Kier molecular flexibility index (Phi) is 27.0. The van der Waals surface area contributed by atoms with Crippen LogP contribution in [0.3, 0.4) is 0 Å². The number of pyridine rings is 4. The molecule has 11 rings (SSSR count). The Morgan fingerprint density at radius 1 is 0.494 bits per heavy atom. The molecule has 3 amide bonds. The molecule has 16 nitrogen and oxygen atoms in total. The van der Waals surface area contributed by atoms with E-state index in [1.165, 1.54) is 29.1 Å². The summed E-state index contributed by atoms with van der Waals surface area (Å²) in [4.78, 5) is 56.2. The topological polar surface area (TPSA) is 193 Å². The average molecular weight is 1330 g/mol. The molecule has 0 bridgehead atoms. The molecular weight excluding hydrogens is 1240 g/mol. The molecular formula is C66H81BClF2IN8O8. The van der Waals surface area contributed by atoms with Gasteiger partial charge in [-0.05, 0) is 138 Å². The number of benzene rings is 3. The van der Waals surface area contributed by atoms with Crippen LogP contribution in [0, 0.1) is 21.4 Å². The molecule has 8 heterocycles. The monoisotopic (exact) mass is 1320 g/mol. The van der Waals surface area contributed by atoms with Crippen LogP contribution in [0.4, 0.5) is 23.2 Å². The minimum atomic E-state index is -1.34. The van der Waals surface area contributed by atoms with Crippen LogP contribution in [0.2, 0.25) is 0 Å². The van der Waals surface area contributed by atoms with Crippen LogP contribution in [0.15, 0.2) is 164 Å². The van der Waals surface area contributed by atoms with Gasteiger partial charge < -0.3 is 44.3 Å². The highest BCUT2D eigenvalue weighted by Crippen LogP contribution is 2.35. The summed E-state index contributed by atoms with van der Waals surface area (Å²) in [5.41, 5.74) is 6.80. The summed E-state index contributed by atoms with van der Waals surface area (Å²) < 4.78 is 42.0. The maximum atomic E-state index is 13.4. The fourth-order valence-electron chi connectivity index (χ4n) is 8.85. The Morgan fingerprint density at radius 3 is 1.16 bits per heavy atom. The third-order valence-corrected chi connectivity index (χ3v) is 14.1. The molecule has 3 aromatic carbocycles. The van der Waals surface area contributed by atoms with Gasteiger partial charge in [0, 0.05) is 112 Å². The molecule has 87 heavy (non-hydrogen) atoms. The van der Waals surface area contributed by atoms with Gasteiger partial charge >= 0.3 is 25.4 Å². The van der Waals surface area contributed by atoms with E-state index in [1.54, 1.807) is 63.2 Å². The van der Waals surface area contributed by atoms with Crippen molar-refractivity contribution in [3.63, 3.8) is 0 Å². The second-order valence-corrected chi connectivity index (χ2v) is 25.2. The van der Waals surface area contributed by atoms with Crippen LogP contribution in [0.5, 0.6) is 0 Å². The van der Waals surface area contributed by atoms with Gasteiger partial charge in [-0.3, -0.25) is 9.97 Å². The first-order chi connectivity index (χ1) is 40.7. The van der Waals surface area contributed by atoms with Gasteiger partial charge in [-0.2, -0.15) is 8.78 Å². The normalized spacial score (nSPS) is 14.7. The Labute approximate surface area is 531 Å². The van der Waals surface area contributed by atoms with E-state index in [4.69, 9.17) is 24.3 Å². The zero-order valence-corrected chi connectivity index (χ0v) is 54.1. The van der Waals surface area contributed by atoms with Crippen molar-refractivity contribution in [2.24, 2.45) is 5.92 Å². The third kappa shape index (κ3) is 23.2. The minimum absolute atomic E-state index is 0. The molecule has 0 saturated carbocycles. The minimum Gasteiger partial charge on any atom is -0.444 e. The smallest absolute Gasteiger partial charge is 0.444 e. The Bertz CT molecular complexity index is 3210. The Hall–Kier alpha value is -7.11. The molecule has 0 atom stereocenters. The average Bonchev–Trinajstić information content (AvgIpc) is 2.47. The van der Waals surface area contributed by atoms with Crippen molar-refractivity contribution >= 4 is 65.9 Å². The molecule has 21 heteroatoms. The van der Waals surface area contributed by atoms with E-state index >= 15 is 0 Å². The number of hydrogen-bond acceptors (Lipinski definition) is 13. The van der Waals surface area contributed by atoms with Gasteiger partial charge in [-0.1, -0.05) is 116 Å². The number of rotatable bonds is 6. The highest BCUT2D eigenvalue weighted by molar-refractivity contribution is 14.1. The maximum absolute atomic E-state index is 13.4. The summed E-state index contributed by atoms with van der Waals surface area (Å²) in [5.74, 6) is 0.749. The van der Waals surface area contributed by atoms with Crippen molar-refractivity contribution in [3.05, 3.63) is 196 Å². The summed E-state index contributed by atoms with van der Waals surface area (Å²) >= 11 is 1.89. The van der Waals surface area contributed by atoms with Gasteiger partial charge in [0.2, 0.25) is 11.9 Å². The number of hydrogen-bond donors (Lipinski definition) is 3. The van der Waals surface area contributed by atoms with E-state index in [9.17, 15) is 23.2 Å². The van der Waals surface area contributed by atoms with E-state index < -0.39 is 30.2 Å². The van der Waals surface area contributed by atoms with Crippen LogP contribution < -0.4 is 10.8 Å². The van der Waals surface area contributed by atoms with E-state index in [1.807, 2.05) is 140 Å². The lowest BCUT2D eigenvalue weighted by atomic mass is 9.81. The van der Waals surface area contributed by atoms with Crippen molar-refractivity contribution in [3.8, 4) is 22.5 Å². The van der Waals surface area contributed by atoms with Gasteiger partial charge in [-0.15, -0.1) is 12.4 Å². The number of nitrogens with one attached hydrogen (secondary N) is 1. The van der Waals surface area contributed by atoms with Crippen LogP contribution in [-0.4, -0.2) is 139 Å². The van der Waals surface area contributed by atoms with Crippen molar-refractivity contribution in [1.82, 2.24) is 40.0 Å². The van der Waals surface area contributed by atoms with E-state index in [2.05, 4.69) is 80.7 Å². The Morgan fingerprint density at radius 2 is 0.839 bits per heavy atom. The molecule has 0 radical (unpaired) electrons. The SMILES string of the molecule is CC(C)(C)OC(=O)N1CC(c2cccnc2-c2ccccc2)C1.CC(C)(C)OC(=O)N1CC(c2cccnc2F)C1.CC1CN(C(=O)OC(C)(C)C)C1.Cl.Fc1ncccc1I.OB(O)c1ccccc1.c1ccc(-c2ncccc2C2CNC2)cc1. The fraction of sp³-hybridized carbons (Fsp3) is 0.379. The van der Waals surface area contributed by atoms with Crippen LogP contribution in [-0.2, 0) is 14.2 Å². The molecule has 3 N–H and O–H groups in total. The predicted octanol–water partition coefficient (Wildman–Crippen LogP) is 12.6. The van der Waals surface area contributed by atoms with Crippen molar-refractivity contribution in [2.75, 3.05) is 52.4 Å². The van der Waals surface area contributed by atoms with Crippen LogP contribution in [0.25, 0.3) is 22.5 Å². The predicted molar refractivity (Wildman–Crippen MR) is 348 cm³/mol. The number of halogens is 4. The number of carbonyl (C=O) groups excluding carboxylic acids is 3. The van der Waals surface area contributed by atoms with E-state index in [0.717, 1.165) is 43.1 Å². The molecule has 7 aromatic rings. The lowest BCUT2D eigenvalue weighted by molar-refractivity contribution is 0.00133. The Balaban J connectivity index is 0.000000197. The largest absolute Gasteiger partial charge is 0.488 e.